The Morgan fingerprint density at radius 3 is 2.41 bits per heavy atom. The van der Waals surface area contributed by atoms with Crippen molar-refractivity contribution in [3.63, 3.8) is 0 Å². The lowest BCUT2D eigenvalue weighted by atomic mass is 9.93. The quantitative estimate of drug-likeness (QED) is 0.443. The summed E-state index contributed by atoms with van der Waals surface area (Å²) in [7, 11) is 1.48. The minimum Gasteiger partial charge on any atom is -0.507 e. The number of hydrogen-bond donors (Lipinski definition) is 3. The van der Waals surface area contributed by atoms with E-state index in [4.69, 9.17) is 4.74 Å². The van der Waals surface area contributed by atoms with Gasteiger partial charge < -0.3 is 20.5 Å². The van der Waals surface area contributed by atoms with E-state index in [9.17, 15) is 19.5 Å². The second-order valence-corrected chi connectivity index (χ2v) is 8.15. The largest absolute Gasteiger partial charge is 0.507 e. The molecule has 4 rings (SSSR count). The lowest BCUT2D eigenvalue weighted by Crippen LogP contribution is -2.41. The van der Waals surface area contributed by atoms with Crippen LogP contribution in [0, 0.1) is 5.92 Å². The van der Waals surface area contributed by atoms with E-state index in [1.165, 1.54) is 19.2 Å². The van der Waals surface area contributed by atoms with Gasteiger partial charge in [0, 0.05) is 60.6 Å². The number of phenols is 1. The first-order chi connectivity index (χ1) is 16.5. The molecule has 3 aromatic rings. The van der Waals surface area contributed by atoms with Crippen LogP contribution in [-0.4, -0.2) is 53.8 Å². The van der Waals surface area contributed by atoms with Gasteiger partial charge >= 0.3 is 0 Å². The Hall–Kier alpha value is -4.04. The van der Waals surface area contributed by atoms with Gasteiger partial charge in [0.05, 0.1) is 12.7 Å². The fourth-order valence-corrected chi connectivity index (χ4v) is 4.01. The maximum Gasteiger partial charge on any atom is 0.251 e. The lowest BCUT2D eigenvalue weighted by Gasteiger charge is -2.19. The Bertz CT molecular complexity index is 1190. The first-order valence-electron chi connectivity index (χ1n) is 10.9. The van der Waals surface area contributed by atoms with E-state index in [1.54, 1.807) is 54.9 Å². The van der Waals surface area contributed by atoms with Crippen molar-refractivity contribution in [3.8, 4) is 11.5 Å². The number of aromatic nitrogens is 1. The van der Waals surface area contributed by atoms with Gasteiger partial charge in [-0.15, -0.1) is 0 Å². The van der Waals surface area contributed by atoms with Crippen molar-refractivity contribution in [2.45, 2.75) is 12.5 Å². The lowest BCUT2D eigenvalue weighted by molar-refractivity contribution is 0.0902. The van der Waals surface area contributed by atoms with Crippen molar-refractivity contribution in [1.82, 2.24) is 15.6 Å². The third kappa shape index (κ3) is 5.13. The molecule has 174 valence electrons. The van der Waals surface area contributed by atoms with E-state index in [0.29, 0.717) is 35.5 Å². The summed E-state index contributed by atoms with van der Waals surface area (Å²) in [6, 6.07) is 13.9. The standard InChI is InChI=1S/C26H25N3O5/c1-34-20-6-7-23(30)21(13-20)25(32)17-4-2-16(3-5-17)24(31)12-19-14-28-15-22(19)29-26(33)18-8-10-27-11-9-18/h2-11,13,19,22,28,30H,12,14-15H2,1H3,(H,29,33)/t19-,22-/m1/s1. The number of benzene rings is 2. The van der Waals surface area contributed by atoms with E-state index in [1.807, 2.05) is 0 Å². The average Bonchev–Trinajstić information content (AvgIpc) is 3.30. The first-order valence-corrected chi connectivity index (χ1v) is 10.9. The number of nitrogens with one attached hydrogen (secondary N) is 2. The molecule has 2 aromatic carbocycles. The number of aromatic hydroxyl groups is 1. The summed E-state index contributed by atoms with van der Waals surface area (Å²) in [4.78, 5) is 42.1. The normalized spacial score (nSPS) is 17.2. The smallest absolute Gasteiger partial charge is 0.251 e. The molecule has 1 amide bonds. The third-order valence-corrected chi connectivity index (χ3v) is 5.96. The molecule has 8 nitrogen and oxygen atoms in total. The molecule has 34 heavy (non-hydrogen) atoms. The highest BCUT2D eigenvalue weighted by Crippen LogP contribution is 2.26. The van der Waals surface area contributed by atoms with Crippen LogP contribution in [0.1, 0.15) is 43.1 Å². The Labute approximate surface area is 197 Å². The Balaban J connectivity index is 1.40. The van der Waals surface area contributed by atoms with Gasteiger partial charge in [0.15, 0.2) is 11.6 Å². The molecule has 1 saturated heterocycles. The number of ether oxygens (including phenoxy) is 1. The molecule has 2 heterocycles. The molecule has 1 fully saturated rings. The van der Waals surface area contributed by atoms with Gasteiger partial charge in [-0.25, -0.2) is 0 Å². The summed E-state index contributed by atoms with van der Waals surface area (Å²) in [5.41, 5.74) is 1.49. The predicted octanol–water partition coefficient (Wildman–Crippen LogP) is 2.62. The zero-order valence-corrected chi connectivity index (χ0v) is 18.7. The van der Waals surface area contributed by atoms with Crippen molar-refractivity contribution in [2.75, 3.05) is 20.2 Å². The van der Waals surface area contributed by atoms with Crippen LogP contribution >= 0.6 is 0 Å². The summed E-state index contributed by atoms with van der Waals surface area (Å²) in [5.74, 6) is -0.358. The average molecular weight is 460 g/mol. The van der Waals surface area contributed by atoms with Crippen LogP contribution < -0.4 is 15.4 Å². The fourth-order valence-electron chi connectivity index (χ4n) is 4.01. The highest BCUT2D eigenvalue weighted by atomic mass is 16.5. The molecule has 0 aliphatic carbocycles. The fraction of sp³-hybridized carbons (Fsp3) is 0.231. The maximum atomic E-state index is 12.9. The number of amides is 1. The van der Waals surface area contributed by atoms with Crippen molar-refractivity contribution in [3.05, 3.63) is 89.2 Å². The van der Waals surface area contributed by atoms with Crippen LogP contribution in [0.25, 0.3) is 0 Å². The van der Waals surface area contributed by atoms with Crippen LogP contribution in [-0.2, 0) is 0 Å². The van der Waals surface area contributed by atoms with Gasteiger partial charge in [0.2, 0.25) is 0 Å². The topological polar surface area (TPSA) is 118 Å². The molecule has 2 atom stereocenters. The molecular weight excluding hydrogens is 434 g/mol. The number of carbonyl (C=O) groups is 3. The summed E-state index contributed by atoms with van der Waals surface area (Å²) >= 11 is 0. The zero-order chi connectivity index (χ0) is 24.1. The molecule has 0 spiro atoms. The molecule has 1 aliphatic heterocycles. The van der Waals surface area contributed by atoms with E-state index >= 15 is 0 Å². The van der Waals surface area contributed by atoms with E-state index in [2.05, 4.69) is 15.6 Å². The summed E-state index contributed by atoms with van der Waals surface area (Å²) in [6.45, 7) is 1.21. The SMILES string of the molecule is COc1ccc(O)c(C(=O)c2ccc(C(=O)C[C@@H]3CNC[C@H]3NC(=O)c3ccncc3)cc2)c1. The number of Topliss-reactive ketones (excluding diaryl/α,β-unsaturated/α-hetero) is 1. The van der Waals surface area contributed by atoms with Crippen molar-refractivity contribution >= 4 is 17.5 Å². The molecule has 1 aromatic heterocycles. The van der Waals surface area contributed by atoms with E-state index < -0.39 is 0 Å². The minimum absolute atomic E-state index is 0.0478. The Morgan fingerprint density at radius 2 is 1.71 bits per heavy atom. The number of carbonyl (C=O) groups excluding carboxylic acids is 3. The number of nitrogens with zero attached hydrogens (tertiary/aromatic N) is 1. The molecule has 3 N–H and O–H groups in total. The van der Waals surface area contributed by atoms with Crippen LogP contribution in [0.5, 0.6) is 11.5 Å². The Kier molecular flexibility index (Phi) is 6.98. The van der Waals surface area contributed by atoms with Crippen molar-refractivity contribution in [2.24, 2.45) is 5.92 Å². The second-order valence-electron chi connectivity index (χ2n) is 8.15. The number of phenolic OH excluding ortho intramolecular Hbond substituents is 1. The predicted molar refractivity (Wildman–Crippen MR) is 125 cm³/mol. The van der Waals surface area contributed by atoms with Crippen LogP contribution in [0.3, 0.4) is 0 Å². The summed E-state index contributed by atoms with van der Waals surface area (Å²) < 4.78 is 5.13. The van der Waals surface area contributed by atoms with Gasteiger partial charge in [0.1, 0.15) is 11.5 Å². The van der Waals surface area contributed by atoms with E-state index in [0.717, 1.165) is 0 Å². The first kappa shape index (κ1) is 23.1. The monoisotopic (exact) mass is 459 g/mol. The number of pyridine rings is 1. The zero-order valence-electron chi connectivity index (χ0n) is 18.7. The molecular formula is C26H25N3O5. The molecule has 0 saturated carbocycles. The molecule has 0 bridgehead atoms. The third-order valence-electron chi connectivity index (χ3n) is 5.96. The van der Waals surface area contributed by atoms with Crippen LogP contribution in [0.4, 0.5) is 0 Å². The molecule has 1 aliphatic rings. The minimum atomic E-state index is -0.366. The van der Waals surface area contributed by atoms with Crippen molar-refractivity contribution in [1.29, 1.82) is 0 Å². The van der Waals surface area contributed by atoms with Gasteiger partial charge in [-0.05, 0) is 30.3 Å². The highest BCUT2D eigenvalue weighted by molar-refractivity contribution is 6.11. The maximum absolute atomic E-state index is 12.9. The highest BCUT2D eigenvalue weighted by Gasteiger charge is 2.30. The van der Waals surface area contributed by atoms with Gasteiger partial charge in [-0.2, -0.15) is 0 Å². The number of ketones is 2. The number of hydrogen-bond acceptors (Lipinski definition) is 7. The molecule has 0 radical (unpaired) electrons. The van der Waals surface area contributed by atoms with Gasteiger partial charge in [-0.3, -0.25) is 19.4 Å². The van der Waals surface area contributed by atoms with Crippen LogP contribution in [0.15, 0.2) is 67.0 Å². The van der Waals surface area contributed by atoms with E-state index in [-0.39, 0.29) is 47.2 Å². The molecule has 8 heteroatoms. The Morgan fingerprint density at radius 1 is 1.00 bits per heavy atom. The summed E-state index contributed by atoms with van der Waals surface area (Å²) in [6.07, 6.45) is 3.39. The van der Waals surface area contributed by atoms with Gasteiger partial charge in [-0.1, -0.05) is 24.3 Å². The van der Waals surface area contributed by atoms with Gasteiger partial charge in [0.25, 0.3) is 5.91 Å². The number of rotatable bonds is 8. The van der Waals surface area contributed by atoms with Crippen molar-refractivity contribution < 1.29 is 24.2 Å². The second kappa shape index (κ2) is 10.3. The summed E-state index contributed by atoms with van der Waals surface area (Å²) in [5, 5.41) is 16.3. The molecule has 0 unspecified atom stereocenters. The van der Waals surface area contributed by atoms with Crippen LogP contribution in [0.2, 0.25) is 0 Å². The number of methoxy groups -OCH3 is 1.